The van der Waals surface area contributed by atoms with E-state index in [1.807, 2.05) is 0 Å². The summed E-state index contributed by atoms with van der Waals surface area (Å²) < 4.78 is 39.3. The topological polar surface area (TPSA) is 84.9 Å². The summed E-state index contributed by atoms with van der Waals surface area (Å²) in [5.74, 6) is 0.684. The summed E-state index contributed by atoms with van der Waals surface area (Å²) in [6.07, 6.45) is 1.29. The summed E-state index contributed by atoms with van der Waals surface area (Å²) in [6.45, 7) is 0.621. The van der Waals surface area contributed by atoms with Crippen molar-refractivity contribution >= 4 is 43.2 Å². The van der Waals surface area contributed by atoms with Crippen LogP contribution in [0.5, 0.6) is 11.5 Å². The summed E-state index contributed by atoms with van der Waals surface area (Å²) in [7, 11) is -0.996. The van der Waals surface area contributed by atoms with Crippen molar-refractivity contribution in [3.05, 3.63) is 40.9 Å². The van der Waals surface area contributed by atoms with Gasteiger partial charge in [0, 0.05) is 23.5 Å². The Morgan fingerprint density at radius 3 is 2.44 bits per heavy atom. The smallest absolute Gasteiger partial charge is 0.265 e. The molecule has 0 aliphatic carbocycles. The van der Waals surface area contributed by atoms with Crippen LogP contribution < -0.4 is 19.1 Å². The third kappa shape index (κ3) is 4.03. The van der Waals surface area contributed by atoms with Crippen LogP contribution in [0.25, 0.3) is 0 Å². The number of hydrogen-bond donors (Lipinski definition) is 1. The molecule has 1 amide bonds. The van der Waals surface area contributed by atoms with Crippen LogP contribution >= 0.6 is 15.9 Å². The van der Waals surface area contributed by atoms with E-state index in [4.69, 9.17) is 9.47 Å². The summed E-state index contributed by atoms with van der Waals surface area (Å²) >= 11 is 3.27. The molecule has 3 rings (SSSR count). The zero-order valence-electron chi connectivity index (χ0n) is 14.9. The maximum absolute atomic E-state index is 12.8. The fraction of sp³-hybridized carbons (Fsp3) is 0.278. The van der Waals surface area contributed by atoms with E-state index >= 15 is 0 Å². The summed E-state index contributed by atoms with van der Waals surface area (Å²) in [6, 6.07) is 9.58. The number of anilines is 2. The number of benzene rings is 2. The Morgan fingerprint density at radius 1 is 1.07 bits per heavy atom. The summed E-state index contributed by atoms with van der Waals surface area (Å²) in [5.41, 5.74) is 0.951. The second-order valence-corrected chi connectivity index (χ2v) is 8.50. The lowest BCUT2D eigenvalue weighted by molar-refractivity contribution is -0.117. The number of halogens is 1. The van der Waals surface area contributed by atoms with Gasteiger partial charge in [0.1, 0.15) is 16.4 Å². The lowest BCUT2D eigenvalue weighted by Crippen LogP contribution is -2.24. The minimum atomic E-state index is -3.89. The van der Waals surface area contributed by atoms with Crippen molar-refractivity contribution in [3.8, 4) is 11.5 Å². The van der Waals surface area contributed by atoms with Crippen LogP contribution in [0.3, 0.4) is 0 Å². The van der Waals surface area contributed by atoms with Crippen molar-refractivity contribution in [2.45, 2.75) is 17.7 Å². The molecule has 7 nitrogen and oxygen atoms in total. The van der Waals surface area contributed by atoms with E-state index < -0.39 is 10.0 Å². The molecule has 1 aliphatic rings. The molecule has 0 radical (unpaired) electrons. The molecule has 2 aromatic rings. The molecule has 9 heteroatoms. The molecule has 2 aromatic carbocycles. The third-order valence-corrected chi connectivity index (χ3v) is 6.11. The fourth-order valence-electron chi connectivity index (χ4n) is 2.94. The highest BCUT2D eigenvalue weighted by Crippen LogP contribution is 2.35. The zero-order valence-corrected chi connectivity index (χ0v) is 17.3. The molecule has 1 N–H and O–H groups in total. The summed E-state index contributed by atoms with van der Waals surface area (Å²) in [4.78, 5) is 13.6. The standard InChI is InChI=1S/C18H19BrN2O5S/c1-25-15-8-5-12(19)10-17(15)27(23,24)20-13-6-7-14(16(11-13)26-2)21-9-3-4-18(21)22/h5-8,10-11,20H,3-4,9H2,1-2H3. The third-order valence-electron chi connectivity index (χ3n) is 4.21. The molecule has 0 spiro atoms. The van der Waals surface area contributed by atoms with Crippen LogP contribution in [-0.4, -0.2) is 35.1 Å². The minimum absolute atomic E-state index is 0.0112. The normalized spacial score (nSPS) is 14.3. The van der Waals surface area contributed by atoms with Crippen LogP contribution in [0.2, 0.25) is 0 Å². The Labute approximate surface area is 166 Å². The molecule has 0 aromatic heterocycles. The highest BCUT2D eigenvalue weighted by atomic mass is 79.9. The molecule has 27 heavy (non-hydrogen) atoms. The predicted molar refractivity (Wildman–Crippen MR) is 106 cm³/mol. The van der Waals surface area contributed by atoms with E-state index in [2.05, 4.69) is 20.7 Å². The number of ether oxygens (including phenoxy) is 2. The van der Waals surface area contributed by atoms with Gasteiger partial charge in [-0.3, -0.25) is 9.52 Å². The van der Waals surface area contributed by atoms with Gasteiger partial charge in [0.25, 0.3) is 10.0 Å². The monoisotopic (exact) mass is 454 g/mol. The molecule has 1 heterocycles. The molecule has 1 saturated heterocycles. The maximum atomic E-state index is 12.8. The van der Waals surface area contributed by atoms with Crippen LogP contribution in [0.1, 0.15) is 12.8 Å². The number of rotatable bonds is 6. The molecular weight excluding hydrogens is 436 g/mol. The van der Waals surface area contributed by atoms with E-state index in [1.165, 1.54) is 20.3 Å². The Morgan fingerprint density at radius 2 is 1.81 bits per heavy atom. The zero-order chi connectivity index (χ0) is 19.6. The SMILES string of the molecule is COc1cc(NS(=O)(=O)c2cc(Br)ccc2OC)ccc1N1CCCC1=O. The molecule has 144 valence electrons. The fourth-order valence-corrected chi connectivity index (χ4v) is 4.70. The van der Waals surface area contributed by atoms with Gasteiger partial charge in [-0.2, -0.15) is 0 Å². The lowest BCUT2D eigenvalue weighted by atomic mass is 10.2. The number of methoxy groups -OCH3 is 2. The van der Waals surface area contributed by atoms with Crippen molar-refractivity contribution in [2.75, 3.05) is 30.4 Å². The van der Waals surface area contributed by atoms with Crippen molar-refractivity contribution in [1.82, 2.24) is 0 Å². The first kappa shape index (κ1) is 19.5. The number of sulfonamides is 1. The molecule has 0 atom stereocenters. The molecule has 1 aliphatic heterocycles. The van der Waals surface area contributed by atoms with Crippen molar-refractivity contribution in [2.24, 2.45) is 0 Å². The van der Waals surface area contributed by atoms with Gasteiger partial charge in [0.2, 0.25) is 5.91 Å². The molecule has 0 unspecified atom stereocenters. The number of amides is 1. The van der Waals surface area contributed by atoms with Gasteiger partial charge in [-0.1, -0.05) is 15.9 Å². The van der Waals surface area contributed by atoms with Crippen LogP contribution in [0, 0.1) is 0 Å². The molecule has 1 fully saturated rings. The van der Waals surface area contributed by atoms with Gasteiger partial charge < -0.3 is 14.4 Å². The van der Waals surface area contributed by atoms with Crippen molar-refractivity contribution in [1.29, 1.82) is 0 Å². The van der Waals surface area contributed by atoms with Crippen LogP contribution in [-0.2, 0) is 14.8 Å². The highest BCUT2D eigenvalue weighted by Gasteiger charge is 2.25. The van der Waals surface area contributed by atoms with E-state index in [0.717, 1.165) is 6.42 Å². The maximum Gasteiger partial charge on any atom is 0.265 e. The van der Waals surface area contributed by atoms with Crippen molar-refractivity contribution in [3.63, 3.8) is 0 Å². The first-order chi connectivity index (χ1) is 12.9. The average Bonchev–Trinajstić information content (AvgIpc) is 3.07. The number of nitrogens with zero attached hydrogens (tertiary/aromatic N) is 1. The van der Waals surface area contributed by atoms with Gasteiger partial charge in [-0.15, -0.1) is 0 Å². The number of carbonyl (C=O) groups is 1. The predicted octanol–water partition coefficient (Wildman–Crippen LogP) is 3.39. The number of hydrogen-bond acceptors (Lipinski definition) is 5. The Balaban J connectivity index is 1.93. The summed E-state index contributed by atoms with van der Waals surface area (Å²) in [5, 5.41) is 0. The molecular formula is C18H19BrN2O5S. The average molecular weight is 455 g/mol. The minimum Gasteiger partial charge on any atom is -0.495 e. The van der Waals surface area contributed by atoms with E-state index in [0.29, 0.717) is 34.6 Å². The Kier molecular flexibility index (Phi) is 5.61. The second kappa shape index (κ2) is 7.77. The molecule has 0 saturated carbocycles. The highest BCUT2D eigenvalue weighted by molar-refractivity contribution is 9.10. The van der Waals surface area contributed by atoms with Gasteiger partial charge in [-0.25, -0.2) is 8.42 Å². The van der Waals surface area contributed by atoms with Gasteiger partial charge in [0.05, 0.1) is 25.6 Å². The number of nitrogens with one attached hydrogen (secondary N) is 1. The second-order valence-electron chi connectivity index (χ2n) is 5.94. The van der Waals surface area contributed by atoms with Gasteiger partial charge >= 0.3 is 0 Å². The van der Waals surface area contributed by atoms with Gasteiger partial charge in [0.15, 0.2) is 0 Å². The quantitative estimate of drug-likeness (QED) is 0.722. The van der Waals surface area contributed by atoms with E-state index in [-0.39, 0.29) is 16.6 Å². The van der Waals surface area contributed by atoms with Crippen LogP contribution in [0.4, 0.5) is 11.4 Å². The first-order valence-corrected chi connectivity index (χ1v) is 10.5. The van der Waals surface area contributed by atoms with Crippen LogP contribution in [0.15, 0.2) is 45.8 Å². The molecule has 0 bridgehead atoms. The van der Waals surface area contributed by atoms with E-state index in [9.17, 15) is 13.2 Å². The van der Waals surface area contributed by atoms with E-state index in [1.54, 1.807) is 35.2 Å². The van der Waals surface area contributed by atoms with Gasteiger partial charge in [-0.05, 0) is 36.8 Å². The lowest BCUT2D eigenvalue weighted by Gasteiger charge is -2.20. The Bertz CT molecular complexity index is 978. The number of carbonyl (C=O) groups excluding carboxylic acids is 1. The first-order valence-electron chi connectivity index (χ1n) is 8.20. The van der Waals surface area contributed by atoms with Crippen molar-refractivity contribution < 1.29 is 22.7 Å². The Hall–Kier alpha value is -2.26. The largest absolute Gasteiger partial charge is 0.495 e.